The van der Waals surface area contributed by atoms with Gasteiger partial charge in [-0.05, 0) is 12.8 Å². The summed E-state index contributed by atoms with van der Waals surface area (Å²) in [5.41, 5.74) is 5.66. The molecule has 17 heavy (non-hydrogen) atoms. The Balaban J connectivity index is 2.17. The van der Waals surface area contributed by atoms with Crippen molar-refractivity contribution in [2.24, 2.45) is 5.41 Å². The summed E-state index contributed by atoms with van der Waals surface area (Å²) in [6.45, 7) is 2.68. The summed E-state index contributed by atoms with van der Waals surface area (Å²) >= 11 is 5.91. The third-order valence-corrected chi connectivity index (χ3v) is 3.25. The smallest absolute Gasteiger partial charge is 0.293 e. The number of nitrogens with zero attached hydrogens (tertiary/aromatic N) is 1. The highest BCUT2D eigenvalue weighted by Crippen LogP contribution is 2.45. The molecule has 0 radical (unpaired) electrons. The van der Waals surface area contributed by atoms with E-state index >= 15 is 0 Å². The minimum absolute atomic E-state index is 0.0651. The molecule has 0 amide bonds. The van der Waals surface area contributed by atoms with Gasteiger partial charge in [-0.25, -0.2) is 0 Å². The van der Waals surface area contributed by atoms with Crippen LogP contribution in [-0.4, -0.2) is 11.5 Å². The average Bonchev–Trinajstić information content (AvgIpc) is 2.97. The van der Waals surface area contributed by atoms with Crippen LogP contribution in [0.2, 0.25) is 5.02 Å². The van der Waals surface area contributed by atoms with Crippen LogP contribution < -0.4 is 10.5 Å². The third-order valence-electron chi connectivity index (χ3n) is 2.96. The number of hydrogen-bond donors (Lipinski definition) is 1. The zero-order valence-corrected chi connectivity index (χ0v) is 10.2. The summed E-state index contributed by atoms with van der Waals surface area (Å²) in [6.07, 6.45) is 2.26. The van der Waals surface area contributed by atoms with Gasteiger partial charge in [-0.1, -0.05) is 18.5 Å². The highest BCUT2D eigenvalue weighted by Gasteiger charge is 2.38. The van der Waals surface area contributed by atoms with Gasteiger partial charge in [-0.2, -0.15) is 0 Å². The number of nitrogen functional groups attached to an aromatic ring is 1. The second kappa shape index (κ2) is 4.07. The van der Waals surface area contributed by atoms with Crippen molar-refractivity contribution in [1.29, 1.82) is 0 Å². The predicted octanol–water partition coefficient (Wildman–Crippen LogP) is 3.01. The van der Waals surface area contributed by atoms with Crippen molar-refractivity contribution in [2.45, 2.75) is 19.8 Å². The van der Waals surface area contributed by atoms with Crippen LogP contribution in [0.1, 0.15) is 19.8 Å². The predicted molar refractivity (Wildman–Crippen MR) is 65.4 cm³/mol. The van der Waals surface area contributed by atoms with E-state index in [1.165, 1.54) is 12.1 Å². The van der Waals surface area contributed by atoms with E-state index in [1.807, 2.05) is 0 Å². The van der Waals surface area contributed by atoms with E-state index in [-0.39, 0.29) is 21.8 Å². The molecule has 2 N–H and O–H groups in total. The molecule has 1 aliphatic carbocycles. The second-order valence-corrected chi connectivity index (χ2v) is 5.11. The lowest BCUT2D eigenvalue weighted by Gasteiger charge is -2.12. The monoisotopic (exact) mass is 256 g/mol. The van der Waals surface area contributed by atoms with E-state index in [1.54, 1.807) is 0 Å². The van der Waals surface area contributed by atoms with Gasteiger partial charge in [0.25, 0.3) is 5.69 Å². The highest BCUT2D eigenvalue weighted by molar-refractivity contribution is 6.32. The molecule has 1 saturated carbocycles. The van der Waals surface area contributed by atoms with Crippen molar-refractivity contribution in [3.63, 3.8) is 0 Å². The van der Waals surface area contributed by atoms with Gasteiger partial charge in [0.1, 0.15) is 11.4 Å². The third kappa shape index (κ3) is 2.61. The molecule has 0 bridgehead atoms. The van der Waals surface area contributed by atoms with Crippen LogP contribution >= 0.6 is 11.6 Å². The topological polar surface area (TPSA) is 78.4 Å². The first-order valence-electron chi connectivity index (χ1n) is 5.27. The summed E-state index contributed by atoms with van der Waals surface area (Å²) in [4.78, 5) is 10.1. The van der Waals surface area contributed by atoms with Crippen molar-refractivity contribution < 1.29 is 9.66 Å². The first-order valence-corrected chi connectivity index (χ1v) is 5.65. The normalized spacial score (nSPS) is 16.6. The van der Waals surface area contributed by atoms with E-state index in [0.29, 0.717) is 12.4 Å². The Morgan fingerprint density at radius 2 is 2.24 bits per heavy atom. The van der Waals surface area contributed by atoms with Crippen molar-refractivity contribution in [2.75, 3.05) is 12.3 Å². The Morgan fingerprint density at radius 1 is 1.59 bits per heavy atom. The number of ether oxygens (including phenoxy) is 1. The Morgan fingerprint density at radius 3 is 2.76 bits per heavy atom. The molecule has 1 aromatic rings. The average molecular weight is 257 g/mol. The zero-order valence-electron chi connectivity index (χ0n) is 9.40. The fourth-order valence-corrected chi connectivity index (χ4v) is 1.65. The number of nitro groups is 1. The molecule has 0 aliphatic heterocycles. The maximum absolute atomic E-state index is 10.6. The Labute approximate surface area is 104 Å². The number of nitrogens with two attached hydrogens (primary N) is 1. The zero-order chi connectivity index (χ0) is 12.6. The van der Waals surface area contributed by atoms with Crippen molar-refractivity contribution >= 4 is 23.0 Å². The molecule has 6 heteroatoms. The lowest BCUT2D eigenvalue weighted by molar-refractivity contribution is -0.383. The van der Waals surface area contributed by atoms with E-state index in [2.05, 4.69) is 6.92 Å². The van der Waals surface area contributed by atoms with Gasteiger partial charge < -0.3 is 10.5 Å². The van der Waals surface area contributed by atoms with Crippen LogP contribution in [0, 0.1) is 15.5 Å². The fourth-order valence-electron chi connectivity index (χ4n) is 1.44. The van der Waals surface area contributed by atoms with Crippen LogP contribution in [0.4, 0.5) is 11.4 Å². The molecule has 0 atom stereocenters. The van der Waals surface area contributed by atoms with E-state index in [0.717, 1.165) is 12.8 Å². The van der Waals surface area contributed by atoms with Crippen LogP contribution in [0.15, 0.2) is 12.1 Å². The molecule has 0 spiro atoms. The van der Waals surface area contributed by atoms with Crippen molar-refractivity contribution in [3.05, 3.63) is 27.3 Å². The second-order valence-electron chi connectivity index (χ2n) is 4.70. The van der Waals surface area contributed by atoms with Crippen LogP contribution in [0.3, 0.4) is 0 Å². The van der Waals surface area contributed by atoms with Crippen LogP contribution in [0.5, 0.6) is 5.75 Å². The molecule has 0 saturated heterocycles. The minimum Gasteiger partial charge on any atom is -0.491 e. The van der Waals surface area contributed by atoms with Gasteiger partial charge in [0.2, 0.25) is 0 Å². The van der Waals surface area contributed by atoms with Gasteiger partial charge in [0, 0.05) is 17.5 Å². The first kappa shape index (κ1) is 12.0. The largest absolute Gasteiger partial charge is 0.491 e. The lowest BCUT2D eigenvalue weighted by atomic mass is 10.2. The molecular weight excluding hydrogens is 244 g/mol. The van der Waals surface area contributed by atoms with Crippen LogP contribution in [-0.2, 0) is 0 Å². The molecular formula is C11H13ClN2O3. The summed E-state index contributed by atoms with van der Waals surface area (Å²) in [6, 6.07) is 2.63. The summed E-state index contributed by atoms with van der Waals surface area (Å²) in [7, 11) is 0. The van der Waals surface area contributed by atoms with Gasteiger partial charge >= 0.3 is 0 Å². The minimum atomic E-state index is -0.562. The van der Waals surface area contributed by atoms with Crippen molar-refractivity contribution in [3.8, 4) is 5.75 Å². The van der Waals surface area contributed by atoms with Crippen molar-refractivity contribution in [1.82, 2.24) is 0 Å². The van der Waals surface area contributed by atoms with Gasteiger partial charge in [0.05, 0.1) is 16.6 Å². The van der Waals surface area contributed by atoms with E-state index < -0.39 is 4.92 Å². The summed E-state index contributed by atoms with van der Waals surface area (Å²) < 4.78 is 5.54. The number of halogens is 1. The Bertz CT molecular complexity index is 472. The first-order chi connectivity index (χ1) is 7.91. The summed E-state index contributed by atoms with van der Waals surface area (Å²) in [5, 5.41) is 10.9. The molecule has 5 nitrogen and oxygen atoms in total. The van der Waals surface area contributed by atoms with Gasteiger partial charge in [0.15, 0.2) is 0 Å². The van der Waals surface area contributed by atoms with Gasteiger partial charge in [-0.3, -0.25) is 10.1 Å². The summed E-state index contributed by atoms with van der Waals surface area (Å²) in [5.74, 6) is 0.405. The van der Waals surface area contributed by atoms with E-state index in [9.17, 15) is 10.1 Å². The Kier molecular flexibility index (Phi) is 2.87. The van der Waals surface area contributed by atoms with Crippen LogP contribution in [0.25, 0.3) is 0 Å². The molecule has 0 heterocycles. The van der Waals surface area contributed by atoms with Gasteiger partial charge in [-0.15, -0.1) is 0 Å². The molecule has 1 aliphatic rings. The number of benzene rings is 1. The quantitative estimate of drug-likeness (QED) is 0.510. The standard InChI is InChI=1S/C11H13ClN2O3/c1-11(2-3-11)6-17-10-5-8(13)9(14(15)16)4-7(10)12/h4-5H,2-3,6,13H2,1H3. The molecule has 92 valence electrons. The van der Waals surface area contributed by atoms with E-state index in [4.69, 9.17) is 22.1 Å². The Hall–Kier alpha value is -1.49. The number of rotatable bonds is 4. The fraction of sp³-hybridized carbons (Fsp3) is 0.455. The number of hydrogen-bond acceptors (Lipinski definition) is 4. The molecule has 1 fully saturated rings. The number of nitro benzene ring substituents is 1. The molecule has 2 rings (SSSR count). The molecule has 1 aromatic carbocycles. The molecule has 0 unspecified atom stereocenters. The maximum Gasteiger partial charge on any atom is 0.293 e. The molecule has 0 aromatic heterocycles. The number of anilines is 1. The lowest BCUT2D eigenvalue weighted by Crippen LogP contribution is -2.09. The SMILES string of the molecule is CC1(COc2cc(N)c([N+](=O)[O-])cc2Cl)CC1. The maximum atomic E-state index is 10.6. The highest BCUT2D eigenvalue weighted by atomic mass is 35.5.